The van der Waals surface area contributed by atoms with Crippen molar-refractivity contribution in [2.45, 2.75) is 40.2 Å². The zero-order valence-electron chi connectivity index (χ0n) is 13.7. The van der Waals surface area contributed by atoms with E-state index in [1.165, 1.54) is 5.56 Å². The molecule has 0 aromatic heterocycles. The maximum absolute atomic E-state index is 12.3. The highest BCUT2D eigenvalue weighted by Crippen LogP contribution is 2.22. The fourth-order valence-electron chi connectivity index (χ4n) is 2.79. The Balaban J connectivity index is 2.10. The van der Waals surface area contributed by atoms with Gasteiger partial charge in [-0.2, -0.15) is 0 Å². The molecule has 1 atom stereocenters. The molecule has 3 nitrogen and oxygen atoms in total. The molecule has 2 aromatic rings. The van der Waals surface area contributed by atoms with Crippen LogP contribution in [0.2, 0.25) is 0 Å². The Morgan fingerprint density at radius 3 is 2.18 bits per heavy atom. The number of benzene rings is 2. The zero-order chi connectivity index (χ0) is 16.1. The first-order valence-corrected chi connectivity index (χ1v) is 7.71. The molecule has 0 fully saturated rings. The van der Waals surface area contributed by atoms with E-state index in [1.54, 1.807) is 0 Å². The van der Waals surface area contributed by atoms with Crippen LogP contribution >= 0.6 is 0 Å². The molecule has 0 saturated heterocycles. The van der Waals surface area contributed by atoms with E-state index in [9.17, 15) is 4.79 Å². The van der Waals surface area contributed by atoms with Crippen molar-refractivity contribution < 1.29 is 4.79 Å². The molecule has 0 heterocycles. The predicted molar refractivity (Wildman–Crippen MR) is 92.3 cm³/mol. The predicted octanol–water partition coefficient (Wildman–Crippen LogP) is 4.88. The van der Waals surface area contributed by atoms with Crippen molar-refractivity contribution in [1.82, 2.24) is 5.32 Å². The summed E-state index contributed by atoms with van der Waals surface area (Å²) in [5.41, 5.74) is 5.39. The first-order valence-electron chi connectivity index (χ1n) is 7.71. The Morgan fingerprint density at radius 1 is 1.05 bits per heavy atom. The molecule has 0 aliphatic carbocycles. The summed E-state index contributed by atoms with van der Waals surface area (Å²) < 4.78 is 0. The Hall–Kier alpha value is -2.29. The van der Waals surface area contributed by atoms with Gasteiger partial charge >= 0.3 is 6.03 Å². The van der Waals surface area contributed by atoms with Crippen molar-refractivity contribution in [3.63, 3.8) is 0 Å². The third kappa shape index (κ3) is 3.88. The van der Waals surface area contributed by atoms with Crippen molar-refractivity contribution in [2.75, 3.05) is 5.32 Å². The van der Waals surface area contributed by atoms with Crippen LogP contribution in [-0.4, -0.2) is 6.03 Å². The molecule has 2 aromatic carbocycles. The van der Waals surface area contributed by atoms with Crippen molar-refractivity contribution in [1.29, 1.82) is 0 Å². The monoisotopic (exact) mass is 296 g/mol. The Bertz CT molecular complexity index is 627. The van der Waals surface area contributed by atoms with Gasteiger partial charge in [0, 0.05) is 5.69 Å². The van der Waals surface area contributed by atoms with Gasteiger partial charge in [0.1, 0.15) is 0 Å². The van der Waals surface area contributed by atoms with Crippen LogP contribution in [0.25, 0.3) is 0 Å². The summed E-state index contributed by atoms with van der Waals surface area (Å²) in [5.74, 6) is 0. The largest absolute Gasteiger partial charge is 0.331 e. The average molecular weight is 296 g/mol. The maximum Gasteiger partial charge on any atom is 0.319 e. The zero-order valence-corrected chi connectivity index (χ0v) is 13.7. The van der Waals surface area contributed by atoms with Crippen LogP contribution in [0.1, 0.15) is 41.6 Å². The number of hydrogen-bond acceptors (Lipinski definition) is 1. The number of urea groups is 1. The molecule has 0 bridgehead atoms. The molecule has 0 aliphatic rings. The molecule has 2 rings (SSSR count). The molecular formula is C19H24N2O. The number of hydrogen-bond donors (Lipinski definition) is 2. The van der Waals surface area contributed by atoms with E-state index in [-0.39, 0.29) is 12.1 Å². The third-order valence-corrected chi connectivity index (χ3v) is 3.83. The number of aryl methyl sites for hydroxylation is 3. The second-order valence-electron chi connectivity index (χ2n) is 5.74. The molecule has 2 amide bonds. The third-order valence-electron chi connectivity index (χ3n) is 3.83. The van der Waals surface area contributed by atoms with E-state index in [2.05, 4.69) is 36.6 Å². The van der Waals surface area contributed by atoms with Gasteiger partial charge < -0.3 is 10.6 Å². The van der Waals surface area contributed by atoms with Gasteiger partial charge in [-0.3, -0.25) is 0 Å². The van der Waals surface area contributed by atoms with Crippen LogP contribution < -0.4 is 10.6 Å². The topological polar surface area (TPSA) is 41.1 Å². The molecule has 0 spiro atoms. The molecule has 2 N–H and O–H groups in total. The van der Waals surface area contributed by atoms with Crippen LogP contribution in [0.3, 0.4) is 0 Å². The smallest absolute Gasteiger partial charge is 0.319 e. The molecule has 0 radical (unpaired) electrons. The highest BCUT2D eigenvalue weighted by molar-refractivity contribution is 5.91. The number of anilines is 1. The molecule has 0 aliphatic heterocycles. The van der Waals surface area contributed by atoms with Crippen LogP contribution in [0.4, 0.5) is 10.5 Å². The van der Waals surface area contributed by atoms with E-state index >= 15 is 0 Å². The first-order chi connectivity index (χ1) is 10.5. The van der Waals surface area contributed by atoms with Crippen LogP contribution in [-0.2, 0) is 0 Å². The molecule has 0 saturated carbocycles. The van der Waals surface area contributed by atoms with E-state index in [1.807, 2.05) is 44.2 Å². The van der Waals surface area contributed by atoms with E-state index < -0.39 is 0 Å². The summed E-state index contributed by atoms with van der Waals surface area (Å²) in [6.45, 7) is 8.17. The quantitative estimate of drug-likeness (QED) is 0.829. The van der Waals surface area contributed by atoms with Crippen molar-refractivity contribution in [2.24, 2.45) is 0 Å². The summed E-state index contributed by atoms with van der Waals surface area (Å²) in [5, 5.41) is 6.04. The van der Waals surface area contributed by atoms with Crippen molar-refractivity contribution in [3.8, 4) is 0 Å². The van der Waals surface area contributed by atoms with Gasteiger partial charge in [0.15, 0.2) is 0 Å². The standard InChI is InChI=1S/C19H24N2O/c1-5-17(16-9-7-6-8-10-16)20-19(22)21-18-14(3)11-13(2)12-15(18)4/h6-12,17H,5H2,1-4H3,(H2,20,21,22). The minimum atomic E-state index is -0.161. The van der Waals surface area contributed by atoms with Gasteiger partial charge in [-0.25, -0.2) is 4.79 Å². The summed E-state index contributed by atoms with van der Waals surface area (Å²) in [6, 6.07) is 14.1. The first kappa shape index (κ1) is 16.1. The van der Waals surface area contributed by atoms with Gasteiger partial charge in [-0.1, -0.05) is 55.0 Å². The van der Waals surface area contributed by atoms with Crippen molar-refractivity contribution >= 4 is 11.7 Å². The van der Waals surface area contributed by atoms with Crippen molar-refractivity contribution in [3.05, 3.63) is 64.7 Å². The van der Waals surface area contributed by atoms with Gasteiger partial charge in [-0.15, -0.1) is 0 Å². The van der Waals surface area contributed by atoms with E-state index in [0.717, 1.165) is 28.8 Å². The number of carbonyl (C=O) groups is 1. The highest BCUT2D eigenvalue weighted by atomic mass is 16.2. The van der Waals surface area contributed by atoms with Crippen LogP contribution in [0.5, 0.6) is 0 Å². The van der Waals surface area contributed by atoms with E-state index in [0.29, 0.717) is 0 Å². The lowest BCUT2D eigenvalue weighted by atomic mass is 10.0. The van der Waals surface area contributed by atoms with Gasteiger partial charge in [0.05, 0.1) is 6.04 Å². The summed E-state index contributed by atoms with van der Waals surface area (Å²) >= 11 is 0. The van der Waals surface area contributed by atoms with Crippen LogP contribution in [0, 0.1) is 20.8 Å². The summed E-state index contributed by atoms with van der Waals surface area (Å²) in [4.78, 5) is 12.3. The normalized spacial score (nSPS) is 11.8. The minimum absolute atomic E-state index is 0.0206. The second kappa shape index (κ2) is 7.12. The number of nitrogens with one attached hydrogen (secondary N) is 2. The van der Waals surface area contributed by atoms with E-state index in [4.69, 9.17) is 0 Å². The maximum atomic E-state index is 12.3. The Labute approximate surface area is 132 Å². The molecular weight excluding hydrogens is 272 g/mol. The average Bonchev–Trinajstić information content (AvgIpc) is 2.49. The van der Waals surface area contributed by atoms with Crippen LogP contribution in [0.15, 0.2) is 42.5 Å². The Kier molecular flexibility index (Phi) is 5.21. The summed E-state index contributed by atoms with van der Waals surface area (Å²) in [6.07, 6.45) is 0.850. The Morgan fingerprint density at radius 2 is 1.64 bits per heavy atom. The fraction of sp³-hybridized carbons (Fsp3) is 0.316. The summed E-state index contributed by atoms with van der Waals surface area (Å²) in [7, 11) is 0. The minimum Gasteiger partial charge on any atom is -0.331 e. The molecule has 116 valence electrons. The molecule has 1 unspecified atom stereocenters. The lowest BCUT2D eigenvalue weighted by molar-refractivity contribution is 0.248. The number of carbonyl (C=O) groups excluding carboxylic acids is 1. The number of amides is 2. The van der Waals surface area contributed by atoms with Gasteiger partial charge in [-0.05, 0) is 43.9 Å². The van der Waals surface area contributed by atoms with Gasteiger partial charge in [0.2, 0.25) is 0 Å². The SMILES string of the molecule is CCC(NC(=O)Nc1c(C)cc(C)cc1C)c1ccccc1. The molecule has 22 heavy (non-hydrogen) atoms. The second-order valence-corrected chi connectivity index (χ2v) is 5.74. The highest BCUT2D eigenvalue weighted by Gasteiger charge is 2.14. The number of rotatable bonds is 4. The molecule has 3 heteroatoms. The van der Waals surface area contributed by atoms with Gasteiger partial charge in [0.25, 0.3) is 0 Å². The lowest BCUT2D eigenvalue weighted by Gasteiger charge is -2.19. The fourth-order valence-corrected chi connectivity index (χ4v) is 2.79. The lowest BCUT2D eigenvalue weighted by Crippen LogP contribution is -2.32.